The third-order valence-electron chi connectivity index (χ3n) is 3.99. The van der Waals surface area contributed by atoms with Crippen LogP contribution in [0.3, 0.4) is 0 Å². The van der Waals surface area contributed by atoms with Crippen molar-refractivity contribution in [3.05, 3.63) is 41.6 Å². The van der Waals surface area contributed by atoms with Crippen molar-refractivity contribution in [2.75, 3.05) is 24.7 Å². The largest absolute Gasteiger partial charge is 0.435 e. The van der Waals surface area contributed by atoms with Crippen LogP contribution in [-0.4, -0.2) is 44.6 Å². The maximum Gasteiger partial charge on any atom is 0.255 e. The molecule has 0 saturated heterocycles. The van der Waals surface area contributed by atoms with Gasteiger partial charge in [-0.05, 0) is 30.7 Å². The van der Waals surface area contributed by atoms with E-state index in [4.69, 9.17) is 4.42 Å². The Hall–Kier alpha value is -2.94. The van der Waals surface area contributed by atoms with E-state index in [2.05, 4.69) is 15.3 Å². The first-order valence-electron chi connectivity index (χ1n) is 7.75. The summed E-state index contributed by atoms with van der Waals surface area (Å²) in [4.78, 5) is 21.0. The number of nitrogens with zero attached hydrogens (tertiary/aromatic N) is 3. The van der Waals surface area contributed by atoms with Gasteiger partial charge in [-0.25, -0.2) is 8.42 Å². The summed E-state index contributed by atoms with van der Waals surface area (Å²) in [6.07, 6.45) is 2.69. The van der Waals surface area contributed by atoms with Crippen molar-refractivity contribution >= 4 is 32.8 Å². The van der Waals surface area contributed by atoms with E-state index in [1.165, 1.54) is 14.1 Å². The van der Waals surface area contributed by atoms with Gasteiger partial charge < -0.3 is 9.73 Å². The number of carbonyl (C=O) groups excluding carboxylic acids is 1. The van der Waals surface area contributed by atoms with Crippen LogP contribution in [0.25, 0.3) is 22.6 Å². The summed E-state index contributed by atoms with van der Waals surface area (Å²) in [7, 11) is -0.547. The molecule has 8 nitrogen and oxygen atoms in total. The van der Waals surface area contributed by atoms with Gasteiger partial charge in [0.15, 0.2) is 5.76 Å². The summed E-state index contributed by atoms with van der Waals surface area (Å²) < 4.78 is 30.6. The van der Waals surface area contributed by atoms with E-state index in [1.54, 1.807) is 37.4 Å². The Balaban J connectivity index is 2.32. The maximum atomic E-state index is 12.4. The zero-order valence-corrected chi connectivity index (χ0v) is 15.6. The van der Waals surface area contributed by atoms with Gasteiger partial charge in [0.25, 0.3) is 5.91 Å². The van der Waals surface area contributed by atoms with Crippen molar-refractivity contribution in [2.24, 2.45) is 0 Å². The number of furan rings is 1. The lowest BCUT2D eigenvalue weighted by Crippen LogP contribution is -2.26. The zero-order chi connectivity index (χ0) is 19.1. The summed E-state index contributed by atoms with van der Waals surface area (Å²) in [6.45, 7) is 1.73. The van der Waals surface area contributed by atoms with E-state index < -0.39 is 10.0 Å². The van der Waals surface area contributed by atoms with Gasteiger partial charge in [-0.3, -0.25) is 14.1 Å². The average Bonchev–Trinajstić information content (AvgIpc) is 2.98. The second kappa shape index (κ2) is 6.41. The van der Waals surface area contributed by atoms with Gasteiger partial charge in [-0.2, -0.15) is 4.98 Å². The topological polar surface area (TPSA) is 105 Å². The first kappa shape index (κ1) is 17.9. The number of sulfonamides is 1. The van der Waals surface area contributed by atoms with Crippen LogP contribution in [0.15, 0.2) is 34.9 Å². The highest BCUT2D eigenvalue weighted by molar-refractivity contribution is 7.92. The minimum atomic E-state index is -3.49. The Morgan fingerprint density at radius 2 is 2.04 bits per heavy atom. The number of nitrogens with one attached hydrogen (secondary N) is 1. The number of carbonyl (C=O) groups is 1. The number of rotatable bonds is 4. The van der Waals surface area contributed by atoms with Crippen LogP contribution in [0.2, 0.25) is 0 Å². The van der Waals surface area contributed by atoms with Crippen molar-refractivity contribution in [2.45, 2.75) is 6.92 Å². The summed E-state index contributed by atoms with van der Waals surface area (Å²) in [6, 6.07) is 6.96. The van der Waals surface area contributed by atoms with Gasteiger partial charge in [0.2, 0.25) is 15.7 Å². The molecule has 0 atom stereocenters. The highest BCUT2D eigenvalue weighted by Crippen LogP contribution is 2.34. The first-order valence-corrected chi connectivity index (χ1v) is 9.60. The first-order chi connectivity index (χ1) is 12.2. The molecule has 3 heterocycles. The molecule has 3 aromatic heterocycles. The number of hydrogen-bond acceptors (Lipinski definition) is 6. The summed E-state index contributed by atoms with van der Waals surface area (Å²) >= 11 is 0. The summed E-state index contributed by atoms with van der Waals surface area (Å²) in [5.41, 5.74) is 1.56. The molecule has 1 amide bonds. The van der Waals surface area contributed by atoms with Crippen LogP contribution >= 0.6 is 0 Å². The van der Waals surface area contributed by atoms with Crippen LogP contribution in [-0.2, 0) is 10.0 Å². The molecule has 1 N–H and O–H groups in total. The van der Waals surface area contributed by atoms with Crippen LogP contribution in [0.1, 0.15) is 15.9 Å². The third-order valence-corrected chi connectivity index (χ3v) is 5.16. The molecule has 26 heavy (non-hydrogen) atoms. The van der Waals surface area contributed by atoms with E-state index in [-0.39, 0.29) is 23.2 Å². The molecule has 0 spiro atoms. The molecule has 0 aromatic carbocycles. The molecule has 0 unspecified atom stereocenters. The number of anilines is 1. The number of fused-ring (bicyclic) bond motifs is 1. The molecule has 3 aromatic rings. The van der Waals surface area contributed by atoms with Crippen LogP contribution in [0.4, 0.5) is 5.82 Å². The predicted molar refractivity (Wildman–Crippen MR) is 98.6 cm³/mol. The Bertz CT molecular complexity index is 1090. The molecule has 0 radical (unpaired) electrons. The fourth-order valence-corrected chi connectivity index (χ4v) is 3.12. The van der Waals surface area contributed by atoms with Gasteiger partial charge >= 0.3 is 0 Å². The lowest BCUT2D eigenvalue weighted by molar-refractivity contribution is 0.0964. The van der Waals surface area contributed by atoms with Crippen molar-refractivity contribution in [1.29, 1.82) is 0 Å². The van der Waals surface area contributed by atoms with E-state index in [9.17, 15) is 13.2 Å². The normalized spacial score (nSPS) is 11.5. The van der Waals surface area contributed by atoms with E-state index >= 15 is 0 Å². The van der Waals surface area contributed by atoms with Crippen molar-refractivity contribution in [3.8, 4) is 11.5 Å². The quantitative estimate of drug-likeness (QED) is 0.748. The van der Waals surface area contributed by atoms with Crippen molar-refractivity contribution in [3.63, 3.8) is 0 Å². The van der Waals surface area contributed by atoms with Gasteiger partial charge in [-0.15, -0.1) is 0 Å². The monoisotopic (exact) mass is 374 g/mol. The number of aryl methyl sites for hydroxylation is 1. The fourth-order valence-electron chi connectivity index (χ4n) is 2.62. The zero-order valence-electron chi connectivity index (χ0n) is 14.8. The molecular formula is C17H18N4O4S. The number of pyridine rings is 2. The Morgan fingerprint density at radius 1 is 1.31 bits per heavy atom. The second-order valence-electron chi connectivity index (χ2n) is 5.81. The Morgan fingerprint density at radius 3 is 2.62 bits per heavy atom. The average molecular weight is 374 g/mol. The van der Waals surface area contributed by atoms with Crippen molar-refractivity contribution < 1.29 is 17.6 Å². The molecule has 136 valence electrons. The Kier molecular flexibility index (Phi) is 4.41. The highest BCUT2D eigenvalue weighted by Gasteiger charge is 2.25. The standard InChI is InChI=1S/C17H18N4O4S/c1-10-9-11-13(16(22)18-2)14(12-7-5-6-8-19-12)25-17(11)20-15(10)21(3)26(4,23)24/h5-9H,1-4H3,(H,18,22). The number of amides is 1. The highest BCUT2D eigenvalue weighted by atomic mass is 32.2. The SMILES string of the molecule is CNC(=O)c1c(-c2ccccn2)oc2nc(N(C)S(C)(=O)=O)c(C)cc12. The molecule has 0 saturated carbocycles. The maximum absolute atomic E-state index is 12.4. The minimum absolute atomic E-state index is 0.167. The van der Waals surface area contributed by atoms with E-state index in [0.29, 0.717) is 22.2 Å². The molecule has 9 heteroatoms. The van der Waals surface area contributed by atoms with Crippen LogP contribution in [0, 0.1) is 6.92 Å². The Labute approximate surface area is 150 Å². The second-order valence-corrected chi connectivity index (χ2v) is 7.83. The molecular weight excluding hydrogens is 356 g/mol. The van der Waals surface area contributed by atoms with Crippen molar-refractivity contribution in [1.82, 2.24) is 15.3 Å². The summed E-state index contributed by atoms with van der Waals surface area (Å²) in [5, 5.41) is 3.08. The van der Waals surface area contributed by atoms with E-state index in [0.717, 1.165) is 10.6 Å². The predicted octanol–water partition coefficient (Wildman–Crippen LogP) is 1.95. The minimum Gasteiger partial charge on any atom is -0.435 e. The number of hydrogen-bond donors (Lipinski definition) is 1. The third kappa shape index (κ3) is 3.01. The molecule has 0 bridgehead atoms. The van der Waals surface area contributed by atoms with Gasteiger partial charge in [0.05, 0.1) is 17.2 Å². The fraction of sp³-hybridized carbons (Fsp3) is 0.235. The molecule has 3 rings (SSSR count). The van der Waals surface area contributed by atoms with E-state index in [1.807, 2.05) is 0 Å². The molecule has 0 aliphatic carbocycles. The van der Waals surface area contributed by atoms with Crippen LogP contribution < -0.4 is 9.62 Å². The lowest BCUT2D eigenvalue weighted by atomic mass is 10.1. The molecule has 0 fully saturated rings. The smallest absolute Gasteiger partial charge is 0.255 e. The van der Waals surface area contributed by atoms with Crippen LogP contribution in [0.5, 0.6) is 0 Å². The molecule has 0 aliphatic rings. The van der Waals surface area contributed by atoms with Gasteiger partial charge in [0, 0.05) is 20.3 Å². The van der Waals surface area contributed by atoms with Gasteiger partial charge in [0.1, 0.15) is 11.5 Å². The lowest BCUT2D eigenvalue weighted by Gasteiger charge is -2.17. The number of aromatic nitrogens is 2. The molecule has 0 aliphatic heterocycles. The summed E-state index contributed by atoms with van der Waals surface area (Å²) in [5.74, 6) is 0.186. The van der Waals surface area contributed by atoms with Gasteiger partial charge in [-0.1, -0.05) is 6.07 Å².